The van der Waals surface area contributed by atoms with Gasteiger partial charge in [0, 0.05) is 43.0 Å². The van der Waals surface area contributed by atoms with Crippen molar-refractivity contribution in [3.05, 3.63) is 83.3 Å². The third-order valence-electron chi connectivity index (χ3n) is 7.76. The van der Waals surface area contributed by atoms with Crippen molar-refractivity contribution in [2.75, 3.05) is 44.8 Å². The molecule has 1 amide bonds. The summed E-state index contributed by atoms with van der Waals surface area (Å²) in [6.45, 7) is 5.79. The number of anilines is 1. The number of carbonyl (C=O) groups excluding carboxylic acids is 1. The van der Waals surface area contributed by atoms with Gasteiger partial charge in [-0.2, -0.15) is 14.1 Å². The lowest BCUT2D eigenvalue weighted by atomic mass is 10.2. The molecule has 1 fully saturated rings. The van der Waals surface area contributed by atoms with E-state index in [1.807, 2.05) is 6.92 Å². The minimum atomic E-state index is -4.19. The van der Waals surface area contributed by atoms with Crippen molar-refractivity contribution in [2.24, 2.45) is 0 Å². The molecule has 240 valence electrons. The monoisotopic (exact) mass is 651 g/mol. The first-order valence-corrected chi connectivity index (χ1v) is 15.8. The smallest absolute Gasteiger partial charge is 0.356 e. The summed E-state index contributed by atoms with van der Waals surface area (Å²) >= 11 is 0. The Balaban J connectivity index is 1.40. The number of carbonyl (C=O) groups is 2. The fourth-order valence-corrected chi connectivity index (χ4v) is 6.79. The van der Waals surface area contributed by atoms with Gasteiger partial charge in [0.15, 0.2) is 17.2 Å². The zero-order chi connectivity index (χ0) is 32.6. The number of piperazine rings is 1. The summed E-state index contributed by atoms with van der Waals surface area (Å²) in [5.74, 6) is -1.79. The van der Waals surface area contributed by atoms with Crippen molar-refractivity contribution in [1.29, 1.82) is 0 Å². The van der Waals surface area contributed by atoms with E-state index in [0.717, 1.165) is 17.3 Å². The van der Waals surface area contributed by atoms with Crippen molar-refractivity contribution in [2.45, 2.75) is 18.7 Å². The lowest BCUT2D eigenvalue weighted by molar-refractivity contribution is 0.0689. The highest BCUT2D eigenvalue weighted by Gasteiger charge is 2.33. The van der Waals surface area contributed by atoms with Gasteiger partial charge >= 0.3 is 5.97 Å². The molecule has 3 aromatic carbocycles. The van der Waals surface area contributed by atoms with Crippen LogP contribution in [0.4, 0.5) is 10.1 Å². The number of carboxylic acid groups (broad SMARTS) is 1. The van der Waals surface area contributed by atoms with Gasteiger partial charge in [-0.3, -0.25) is 4.79 Å². The predicted octanol–water partition coefficient (Wildman–Crippen LogP) is 4.12. The van der Waals surface area contributed by atoms with Crippen LogP contribution in [0.1, 0.15) is 33.3 Å². The van der Waals surface area contributed by atoms with Crippen LogP contribution in [0.5, 0.6) is 23.1 Å². The summed E-state index contributed by atoms with van der Waals surface area (Å²) < 4.78 is 61.7. The topological polar surface area (TPSA) is 153 Å². The van der Waals surface area contributed by atoms with E-state index in [1.165, 1.54) is 53.7 Å². The first-order valence-electron chi connectivity index (χ1n) is 14.4. The standard InChI is InChI=1S/C31H30FN5O8S/c1-3-35-11-13-36(14-12-35)46(41,42)27-17-22(33-29(38)20-7-9-24-26(15-20)44-18-43-24)8-10-25(27)45-30-19(2)28(31(39)40)34-37(30)23-6-4-5-21(32)16-23/h4-10,15-17H,3,11-14,18H2,1-2H3,(H,33,38)(H,39,40). The van der Waals surface area contributed by atoms with E-state index in [0.29, 0.717) is 24.6 Å². The van der Waals surface area contributed by atoms with E-state index in [-0.39, 0.29) is 64.6 Å². The highest BCUT2D eigenvalue weighted by Crippen LogP contribution is 2.37. The normalized spacial score (nSPS) is 15.1. The van der Waals surface area contributed by atoms with Gasteiger partial charge in [0.05, 0.1) is 5.69 Å². The number of ether oxygens (including phenoxy) is 3. The maximum atomic E-state index is 14.2. The number of benzene rings is 3. The van der Waals surface area contributed by atoms with Crippen molar-refractivity contribution < 1.29 is 41.7 Å². The molecule has 0 unspecified atom stereocenters. The quantitative estimate of drug-likeness (QED) is 0.270. The highest BCUT2D eigenvalue weighted by molar-refractivity contribution is 7.89. The number of carboxylic acids is 1. The molecular formula is C31H30FN5O8S. The van der Waals surface area contributed by atoms with E-state index in [9.17, 15) is 27.5 Å². The number of fused-ring (bicyclic) bond motifs is 1. The summed E-state index contributed by atoms with van der Waals surface area (Å²) in [5, 5.41) is 16.6. The summed E-state index contributed by atoms with van der Waals surface area (Å²) in [4.78, 5) is 27.0. The van der Waals surface area contributed by atoms with Crippen LogP contribution in [-0.4, -0.2) is 83.9 Å². The summed E-state index contributed by atoms with van der Waals surface area (Å²) in [6, 6.07) is 14.1. The molecule has 0 bridgehead atoms. The summed E-state index contributed by atoms with van der Waals surface area (Å²) in [5.41, 5.74) is 0.338. The Morgan fingerprint density at radius 2 is 1.78 bits per heavy atom. The van der Waals surface area contributed by atoms with Crippen molar-refractivity contribution >= 4 is 27.6 Å². The van der Waals surface area contributed by atoms with Gasteiger partial charge in [-0.15, -0.1) is 0 Å². The van der Waals surface area contributed by atoms with Crippen LogP contribution >= 0.6 is 0 Å². The third kappa shape index (κ3) is 5.99. The number of nitrogens with one attached hydrogen (secondary N) is 1. The van der Waals surface area contributed by atoms with Crippen LogP contribution in [-0.2, 0) is 10.0 Å². The second kappa shape index (κ2) is 12.4. The number of rotatable bonds is 9. The Hall–Kier alpha value is -4.99. The zero-order valence-corrected chi connectivity index (χ0v) is 25.7. The van der Waals surface area contributed by atoms with Crippen LogP contribution in [0.15, 0.2) is 65.6 Å². The Labute approximate surface area is 263 Å². The average Bonchev–Trinajstić information content (AvgIpc) is 3.65. The molecule has 0 radical (unpaired) electrons. The van der Waals surface area contributed by atoms with E-state index in [4.69, 9.17) is 14.2 Å². The minimum absolute atomic E-state index is 0.0428. The molecule has 2 N–H and O–H groups in total. The van der Waals surface area contributed by atoms with Gasteiger partial charge < -0.3 is 29.5 Å². The molecular weight excluding hydrogens is 621 g/mol. The Morgan fingerprint density at radius 3 is 2.50 bits per heavy atom. The molecule has 15 heteroatoms. The molecule has 0 saturated carbocycles. The fraction of sp³-hybridized carbons (Fsp3) is 0.258. The first-order chi connectivity index (χ1) is 22.0. The lowest BCUT2D eigenvalue weighted by Gasteiger charge is -2.33. The second-order valence-corrected chi connectivity index (χ2v) is 12.5. The molecule has 3 heterocycles. The van der Waals surface area contributed by atoms with Crippen LogP contribution in [0.25, 0.3) is 5.69 Å². The Bertz CT molecular complexity index is 1940. The zero-order valence-electron chi connectivity index (χ0n) is 24.9. The molecule has 2 aliphatic heterocycles. The molecule has 4 aromatic rings. The van der Waals surface area contributed by atoms with Gasteiger partial charge in [-0.05, 0) is 68.1 Å². The van der Waals surface area contributed by atoms with Gasteiger partial charge in [-0.25, -0.2) is 17.6 Å². The molecule has 0 spiro atoms. The number of hydrogen-bond donors (Lipinski definition) is 2. The number of likely N-dealkylation sites (N-methyl/N-ethyl adjacent to an activating group) is 1. The predicted molar refractivity (Wildman–Crippen MR) is 163 cm³/mol. The molecule has 6 rings (SSSR count). The van der Waals surface area contributed by atoms with Gasteiger partial charge in [0.25, 0.3) is 5.91 Å². The molecule has 0 atom stereocenters. The minimum Gasteiger partial charge on any atom is -0.476 e. The molecule has 0 aliphatic carbocycles. The molecule has 1 aromatic heterocycles. The third-order valence-corrected chi connectivity index (χ3v) is 9.68. The van der Waals surface area contributed by atoms with Gasteiger partial charge in [0.2, 0.25) is 22.7 Å². The Morgan fingerprint density at radius 1 is 1.02 bits per heavy atom. The molecule has 1 saturated heterocycles. The van der Waals surface area contributed by atoms with E-state index < -0.39 is 27.7 Å². The first kappa shape index (κ1) is 31.0. The van der Waals surface area contributed by atoms with Gasteiger partial charge in [0.1, 0.15) is 16.5 Å². The van der Waals surface area contributed by atoms with E-state index in [1.54, 1.807) is 12.1 Å². The number of sulfonamides is 1. The maximum absolute atomic E-state index is 14.2. The van der Waals surface area contributed by atoms with Crippen molar-refractivity contribution in [1.82, 2.24) is 19.0 Å². The van der Waals surface area contributed by atoms with Crippen molar-refractivity contribution in [3.63, 3.8) is 0 Å². The summed E-state index contributed by atoms with van der Waals surface area (Å²) in [6.07, 6.45) is 0. The fourth-order valence-electron chi connectivity index (χ4n) is 5.23. The molecule has 13 nitrogen and oxygen atoms in total. The molecule has 46 heavy (non-hydrogen) atoms. The van der Waals surface area contributed by atoms with Crippen LogP contribution in [0.3, 0.4) is 0 Å². The number of amides is 1. The Kier molecular flexibility index (Phi) is 8.37. The number of nitrogens with zero attached hydrogens (tertiary/aromatic N) is 4. The maximum Gasteiger partial charge on any atom is 0.356 e. The van der Waals surface area contributed by atoms with E-state index in [2.05, 4.69) is 15.3 Å². The number of aromatic carboxylic acids is 1. The molecule has 2 aliphatic rings. The second-order valence-electron chi connectivity index (χ2n) is 10.6. The largest absolute Gasteiger partial charge is 0.476 e. The van der Waals surface area contributed by atoms with Crippen LogP contribution in [0.2, 0.25) is 0 Å². The van der Waals surface area contributed by atoms with Crippen molar-refractivity contribution in [3.8, 4) is 28.8 Å². The van der Waals surface area contributed by atoms with Gasteiger partial charge in [-0.1, -0.05) is 13.0 Å². The lowest BCUT2D eigenvalue weighted by Crippen LogP contribution is -2.48. The highest BCUT2D eigenvalue weighted by atomic mass is 32.2. The number of halogens is 1. The SMILES string of the molecule is CCN1CCN(S(=O)(=O)c2cc(NC(=O)c3ccc4c(c3)OCO4)ccc2Oc2c(C)c(C(=O)O)nn2-c2cccc(F)c2)CC1. The van der Waals surface area contributed by atoms with Crippen LogP contribution < -0.4 is 19.5 Å². The van der Waals surface area contributed by atoms with Crippen LogP contribution in [0, 0.1) is 12.7 Å². The number of aromatic nitrogens is 2. The number of hydrogen-bond acceptors (Lipinski definition) is 9. The summed E-state index contributed by atoms with van der Waals surface area (Å²) in [7, 11) is -4.19. The average molecular weight is 652 g/mol. The van der Waals surface area contributed by atoms with E-state index >= 15 is 0 Å².